The number of rotatable bonds is 8. The van der Waals surface area contributed by atoms with Gasteiger partial charge in [0.15, 0.2) is 5.96 Å². The van der Waals surface area contributed by atoms with Gasteiger partial charge in [-0.1, -0.05) is 57.2 Å². The van der Waals surface area contributed by atoms with E-state index in [9.17, 15) is 4.79 Å². The van der Waals surface area contributed by atoms with Crippen molar-refractivity contribution in [2.75, 3.05) is 27.2 Å². The van der Waals surface area contributed by atoms with E-state index in [-0.39, 0.29) is 11.3 Å². The van der Waals surface area contributed by atoms with Gasteiger partial charge in [0.1, 0.15) is 0 Å². The molecule has 0 spiro atoms. The average molecular weight is 395 g/mol. The SMILES string of the molecule is CCc1ccc(C(C)(C)CNC(=NC)NCCc2cccc(C(=O)NC)c2)cc1. The van der Waals surface area contributed by atoms with Crippen molar-refractivity contribution >= 4 is 11.9 Å². The first-order valence-corrected chi connectivity index (χ1v) is 10.2. The summed E-state index contributed by atoms with van der Waals surface area (Å²) in [7, 11) is 3.43. The average Bonchev–Trinajstić information content (AvgIpc) is 2.75. The maximum atomic E-state index is 11.8. The normalized spacial score (nSPS) is 11.8. The fraction of sp³-hybridized carbons (Fsp3) is 0.417. The van der Waals surface area contributed by atoms with Gasteiger partial charge in [0.25, 0.3) is 5.91 Å². The zero-order chi connectivity index (χ0) is 21.3. The van der Waals surface area contributed by atoms with Crippen LogP contribution in [0.25, 0.3) is 0 Å². The standard InChI is InChI=1S/C24H34N4O/c1-6-18-10-12-21(13-11-18)24(2,3)17-28-23(26-5)27-15-14-19-8-7-9-20(16-19)22(29)25-4/h7-13,16H,6,14-15,17H2,1-5H3,(H,25,29)(H2,26,27,28). The minimum Gasteiger partial charge on any atom is -0.356 e. The molecule has 5 heteroatoms. The zero-order valence-electron chi connectivity index (χ0n) is 18.3. The molecule has 5 nitrogen and oxygen atoms in total. The van der Waals surface area contributed by atoms with Crippen molar-refractivity contribution in [3.63, 3.8) is 0 Å². The van der Waals surface area contributed by atoms with E-state index >= 15 is 0 Å². The molecule has 2 aromatic rings. The minimum absolute atomic E-state index is 0.00820. The van der Waals surface area contributed by atoms with Crippen LogP contribution in [0.2, 0.25) is 0 Å². The Kier molecular flexibility index (Phi) is 8.25. The van der Waals surface area contributed by atoms with Crippen molar-refractivity contribution in [3.8, 4) is 0 Å². The molecule has 3 N–H and O–H groups in total. The summed E-state index contributed by atoms with van der Waals surface area (Å²) in [4.78, 5) is 16.1. The quantitative estimate of drug-likeness (QED) is 0.475. The van der Waals surface area contributed by atoms with Crippen molar-refractivity contribution in [1.82, 2.24) is 16.0 Å². The Balaban J connectivity index is 1.86. The summed E-state index contributed by atoms with van der Waals surface area (Å²) in [5.41, 5.74) is 4.46. The Morgan fingerprint density at radius 3 is 2.38 bits per heavy atom. The molecule has 0 saturated heterocycles. The molecule has 0 fully saturated rings. The highest BCUT2D eigenvalue weighted by atomic mass is 16.1. The molecule has 0 radical (unpaired) electrons. The lowest BCUT2D eigenvalue weighted by Crippen LogP contribution is -2.44. The van der Waals surface area contributed by atoms with Gasteiger partial charge in [-0.25, -0.2) is 0 Å². The lowest BCUT2D eigenvalue weighted by molar-refractivity contribution is 0.0963. The molecule has 0 aliphatic carbocycles. The van der Waals surface area contributed by atoms with Crippen LogP contribution in [-0.4, -0.2) is 39.1 Å². The Hall–Kier alpha value is -2.82. The smallest absolute Gasteiger partial charge is 0.251 e. The monoisotopic (exact) mass is 394 g/mol. The summed E-state index contributed by atoms with van der Waals surface area (Å²) in [6.45, 7) is 8.16. The van der Waals surface area contributed by atoms with E-state index in [1.165, 1.54) is 11.1 Å². The number of hydrogen-bond donors (Lipinski definition) is 3. The molecule has 2 aromatic carbocycles. The van der Waals surface area contributed by atoms with Crippen LogP contribution in [0.3, 0.4) is 0 Å². The van der Waals surface area contributed by atoms with Gasteiger partial charge in [-0.2, -0.15) is 0 Å². The predicted molar refractivity (Wildman–Crippen MR) is 122 cm³/mol. The van der Waals surface area contributed by atoms with Gasteiger partial charge in [0.05, 0.1) is 0 Å². The summed E-state index contributed by atoms with van der Waals surface area (Å²) in [5, 5.41) is 9.46. The molecule has 0 aromatic heterocycles. The van der Waals surface area contributed by atoms with Crippen molar-refractivity contribution in [2.45, 2.75) is 39.0 Å². The molecule has 156 valence electrons. The van der Waals surface area contributed by atoms with Crippen LogP contribution in [0, 0.1) is 0 Å². The number of amides is 1. The second-order valence-electron chi connectivity index (χ2n) is 7.82. The molecule has 0 aliphatic rings. The third kappa shape index (κ3) is 6.63. The topological polar surface area (TPSA) is 65.5 Å². The second kappa shape index (κ2) is 10.6. The molecule has 0 heterocycles. The number of guanidine groups is 1. The number of carbonyl (C=O) groups excluding carboxylic acids is 1. The van der Waals surface area contributed by atoms with Crippen molar-refractivity contribution in [2.24, 2.45) is 4.99 Å². The summed E-state index contributed by atoms with van der Waals surface area (Å²) in [5.74, 6) is 0.720. The van der Waals surface area contributed by atoms with Crippen LogP contribution < -0.4 is 16.0 Å². The molecule has 0 atom stereocenters. The number of nitrogens with one attached hydrogen (secondary N) is 3. The summed E-state index contributed by atoms with van der Waals surface area (Å²) in [6.07, 6.45) is 1.87. The molecule has 0 aliphatic heterocycles. The number of benzene rings is 2. The number of nitrogens with zero attached hydrogens (tertiary/aromatic N) is 1. The largest absolute Gasteiger partial charge is 0.356 e. The summed E-state index contributed by atoms with van der Waals surface area (Å²) >= 11 is 0. The van der Waals surface area contributed by atoms with E-state index in [2.05, 4.69) is 66.0 Å². The number of aliphatic imine (C=N–C) groups is 1. The van der Waals surface area contributed by atoms with E-state index in [4.69, 9.17) is 0 Å². The van der Waals surface area contributed by atoms with Crippen LogP contribution in [0.4, 0.5) is 0 Å². The van der Waals surface area contributed by atoms with E-state index in [0.29, 0.717) is 5.56 Å². The van der Waals surface area contributed by atoms with Gasteiger partial charge < -0.3 is 16.0 Å². The van der Waals surface area contributed by atoms with Gasteiger partial charge in [-0.15, -0.1) is 0 Å². The third-order valence-electron chi connectivity index (χ3n) is 5.19. The molecular formula is C24H34N4O. The highest BCUT2D eigenvalue weighted by molar-refractivity contribution is 5.94. The molecule has 0 saturated carbocycles. The maximum absolute atomic E-state index is 11.8. The van der Waals surface area contributed by atoms with Gasteiger partial charge in [-0.05, 0) is 41.7 Å². The molecule has 0 unspecified atom stereocenters. The Labute approximate surface area is 175 Å². The first-order chi connectivity index (χ1) is 13.9. The van der Waals surface area contributed by atoms with Crippen molar-refractivity contribution in [3.05, 3.63) is 70.8 Å². The maximum Gasteiger partial charge on any atom is 0.251 e. The van der Waals surface area contributed by atoms with Crippen LogP contribution in [-0.2, 0) is 18.3 Å². The van der Waals surface area contributed by atoms with Gasteiger partial charge >= 0.3 is 0 Å². The second-order valence-corrected chi connectivity index (χ2v) is 7.82. The first kappa shape index (κ1) is 22.5. The van der Waals surface area contributed by atoms with Gasteiger partial charge in [0, 0.05) is 38.2 Å². The van der Waals surface area contributed by atoms with Crippen LogP contribution in [0.5, 0.6) is 0 Å². The fourth-order valence-corrected chi connectivity index (χ4v) is 3.16. The van der Waals surface area contributed by atoms with Gasteiger partial charge in [-0.3, -0.25) is 9.79 Å². The summed E-state index contributed by atoms with van der Waals surface area (Å²) < 4.78 is 0. The highest BCUT2D eigenvalue weighted by Crippen LogP contribution is 2.22. The summed E-state index contributed by atoms with van der Waals surface area (Å²) in [6, 6.07) is 16.6. The molecule has 0 bridgehead atoms. The van der Waals surface area contributed by atoms with Crippen LogP contribution >= 0.6 is 0 Å². The molecule has 2 rings (SSSR count). The number of carbonyl (C=O) groups is 1. The predicted octanol–water partition coefficient (Wildman–Crippen LogP) is 3.29. The Morgan fingerprint density at radius 1 is 1.03 bits per heavy atom. The van der Waals surface area contributed by atoms with E-state index in [1.54, 1.807) is 14.1 Å². The number of hydrogen-bond acceptors (Lipinski definition) is 2. The van der Waals surface area contributed by atoms with E-state index in [1.807, 2.05) is 24.3 Å². The van der Waals surface area contributed by atoms with Crippen LogP contribution in [0.15, 0.2) is 53.5 Å². The zero-order valence-corrected chi connectivity index (χ0v) is 18.3. The lowest BCUT2D eigenvalue weighted by Gasteiger charge is -2.27. The minimum atomic E-state index is -0.0634. The Morgan fingerprint density at radius 2 is 1.76 bits per heavy atom. The molecular weight excluding hydrogens is 360 g/mol. The third-order valence-corrected chi connectivity index (χ3v) is 5.19. The Bertz CT molecular complexity index is 825. The molecule has 29 heavy (non-hydrogen) atoms. The van der Waals surface area contributed by atoms with Crippen LogP contribution in [0.1, 0.15) is 47.8 Å². The van der Waals surface area contributed by atoms with E-state index in [0.717, 1.165) is 37.5 Å². The highest BCUT2D eigenvalue weighted by Gasteiger charge is 2.20. The lowest BCUT2D eigenvalue weighted by atomic mass is 9.84. The fourth-order valence-electron chi connectivity index (χ4n) is 3.16. The number of aryl methyl sites for hydroxylation is 1. The molecule has 1 amide bonds. The first-order valence-electron chi connectivity index (χ1n) is 10.2. The van der Waals surface area contributed by atoms with Crippen molar-refractivity contribution in [1.29, 1.82) is 0 Å². The van der Waals surface area contributed by atoms with E-state index < -0.39 is 0 Å². The van der Waals surface area contributed by atoms with Crippen molar-refractivity contribution < 1.29 is 4.79 Å². The van der Waals surface area contributed by atoms with Gasteiger partial charge in [0.2, 0.25) is 0 Å².